The standard InChI is InChI=1S/C19H13BrCl2O2S/c1-11-8-13(20)9-15(22)19(11)24-17(23)10-25-16-7-3-5-12-4-2-6-14(21)18(12)16/h2-9H,10H2,1H3. The summed E-state index contributed by atoms with van der Waals surface area (Å²) in [7, 11) is 0. The Labute approximate surface area is 168 Å². The van der Waals surface area contributed by atoms with Gasteiger partial charge in [0.05, 0.1) is 10.8 Å². The van der Waals surface area contributed by atoms with Gasteiger partial charge in [0.15, 0.2) is 5.75 Å². The predicted octanol–water partition coefficient (Wildman–Crippen LogP) is 6.92. The van der Waals surface area contributed by atoms with Crippen LogP contribution in [0.25, 0.3) is 10.8 Å². The Morgan fingerprint density at radius 2 is 1.84 bits per heavy atom. The zero-order valence-corrected chi connectivity index (χ0v) is 17.1. The van der Waals surface area contributed by atoms with Crippen LogP contribution < -0.4 is 4.74 Å². The van der Waals surface area contributed by atoms with Crippen molar-refractivity contribution in [3.05, 3.63) is 68.6 Å². The molecule has 0 aromatic heterocycles. The fourth-order valence-corrected chi connectivity index (χ4v) is 4.71. The minimum Gasteiger partial charge on any atom is -0.424 e. The van der Waals surface area contributed by atoms with Crippen LogP contribution in [0.2, 0.25) is 10.0 Å². The summed E-state index contributed by atoms with van der Waals surface area (Å²) in [6.45, 7) is 1.84. The third-order valence-corrected chi connectivity index (χ3v) is 5.66. The quantitative estimate of drug-likeness (QED) is 0.242. The third kappa shape index (κ3) is 4.32. The van der Waals surface area contributed by atoms with E-state index in [4.69, 9.17) is 27.9 Å². The van der Waals surface area contributed by atoms with E-state index in [9.17, 15) is 4.79 Å². The molecule has 128 valence electrons. The van der Waals surface area contributed by atoms with Gasteiger partial charge in [-0.3, -0.25) is 4.79 Å². The van der Waals surface area contributed by atoms with Crippen LogP contribution in [0.15, 0.2) is 57.9 Å². The molecule has 3 aromatic carbocycles. The highest BCUT2D eigenvalue weighted by atomic mass is 79.9. The maximum Gasteiger partial charge on any atom is 0.321 e. The van der Waals surface area contributed by atoms with Crippen LogP contribution in [-0.4, -0.2) is 11.7 Å². The Balaban J connectivity index is 1.76. The Morgan fingerprint density at radius 3 is 2.56 bits per heavy atom. The lowest BCUT2D eigenvalue weighted by Crippen LogP contribution is -2.11. The molecule has 3 aromatic rings. The van der Waals surface area contributed by atoms with E-state index < -0.39 is 0 Å². The molecule has 0 radical (unpaired) electrons. The highest BCUT2D eigenvalue weighted by molar-refractivity contribution is 9.10. The normalized spacial score (nSPS) is 10.9. The van der Waals surface area contributed by atoms with Gasteiger partial charge in [0.2, 0.25) is 0 Å². The van der Waals surface area contributed by atoms with E-state index in [2.05, 4.69) is 15.9 Å². The minimum atomic E-state index is -0.360. The lowest BCUT2D eigenvalue weighted by atomic mass is 10.1. The molecule has 0 aliphatic rings. The van der Waals surface area contributed by atoms with E-state index in [1.54, 1.807) is 6.07 Å². The number of hydrogen-bond acceptors (Lipinski definition) is 3. The van der Waals surface area contributed by atoms with E-state index in [0.717, 1.165) is 25.7 Å². The van der Waals surface area contributed by atoms with Crippen LogP contribution in [0.5, 0.6) is 5.75 Å². The molecule has 0 heterocycles. The SMILES string of the molecule is Cc1cc(Br)cc(Cl)c1OC(=O)CSc1cccc2cccc(Cl)c12. The monoisotopic (exact) mass is 454 g/mol. The number of halogens is 3. The first-order chi connectivity index (χ1) is 12.0. The van der Waals surface area contributed by atoms with Crippen LogP contribution in [0.3, 0.4) is 0 Å². The summed E-state index contributed by atoms with van der Waals surface area (Å²) in [6, 6.07) is 15.2. The maximum atomic E-state index is 12.2. The van der Waals surface area contributed by atoms with Crippen molar-refractivity contribution in [2.45, 2.75) is 11.8 Å². The van der Waals surface area contributed by atoms with Gasteiger partial charge in [-0.2, -0.15) is 0 Å². The summed E-state index contributed by atoms with van der Waals surface area (Å²) in [5, 5.41) is 3.05. The van der Waals surface area contributed by atoms with Crippen LogP contribution in [0.1, 0.15) is 5.56 Å². The fourth-order valence-electron chi connectivity index (χ4n) is 2.48. The summed E-state index contributed by atoms with van der Waals surface area (Å²) in [4.78, 5) is 13.2. The lowest BCUT2D eigenvalue weighted by molar-refractivity contribution is -0.131. The highest BCUT2D eigenvalue weighted by Gasteiger charge is 2.14. The molecule has 0 bridgehead atoms. The number of ether oxygens (including phenoxy) is 1. The van der Waals surface area contributed by atoms with Gasteiger partial charge in [-0.25, -0.2) is 0 Å². The Bertz CT molecular complexity index is 931. The average Bonchev–Trinajstić information content (AvgIpc) is 2.56. The van der Waals surface area contributed by atoms with Crippen molar-refractivity contribution in [2.75, 3.05) is 5.75 Å². The summed E-state index contributed by atoms with van der Waals surface area (Å²) in [6.07, 6.45) is 0. The van der Waals surface area contributed by atoms with Crippen molar-refractivity contribution in [2.24, 2.45) is 0 Å². The van der Waals surface area contributed by atoms with E-state index in [-0.39, 0.29) is 11.7 Å². The molecule has 0 atom stereocenters. The van der Waals surface area contributed by atoms with Gasteiger partial charge in [-0.05, 0) is 42.1 Å². The first kappa shape index (κ1) is 18.6. The zero-order valence-electron chi connectivity index (χ0n) is 13.2. The molecule has 0 amide bonds. The Kier molecular flexibility index (Phi) is 5.95. The number of rotatable bonds is 4. The lowest BCUT2D eigenvalue weighted by Gasteiger charge is -2.11. The second kappa shape index (κ2) is 8.00. The topological polar surface area (TPSA) is 26.3 Å². The summed E-state index contributed by atoms with van der Waals surface area (Å²) < 4.78 is 6.29. The number of carbonyl (C=O) groups excluding carboxylic acids is 1. The molecule has 0 N–H and O–H groups in total. The van der Waals surface area contributed by atoms with Gasteiger partial charge in [-0.15, -0.1) is 11.8 Å². The number of carbonyl (C=O) groups is 1. The number of hydrogen-bond donors (Lipinski definition) is 0. The first-order valence-corrected chi connectivity index (χ1v) is 9.95. The summed E-state index contributed by atoms with van der Waals surface area (Å²) in [5.74, 6) is 0.198. The molecular formula is C19H13BrCl2O2S. The fraction of sp³-hybridized carbons (Fsp3) is 0.105. The van der Waals surface area contributed by atoms with Gasteiger partial charge in [-0.1, -0.05) is 63.4 Å². The van der Waals surface area contributed by atoms with E-state index in [0.29, 0.717) is 15.8 Å². The van der Waals surface area contributed by atoms with Crippen molar-refractivity contribution < 1.29 is 9.53 Å². The summed E-state index contributed by atoms with van der Waals surface area (Å²) >= 11 is 17.2. The largest absolute Gasteiger partial charge is 0.424 e. The van der Waals surface area contributed by atoms with Crippen molar-refractivity contribution in [1.82, 2.24) is 0 Å². The highest BCUT2D eigenvalue weighted by Crippen LogP contribution is 2.35. The Morgan fingerprint density at radius 1 is 1.12 bits per heavy atom. The van der Waals surface area contributed by atoms with Gasteiger partial charge in [0, 0.05) is 19.8 Å². The molecule has 0 fully saturated rings. The van der Waals surface area contributed by atoms with Crippen molar-refractivity contribution in [3.8, 4) is 5.75 Å². The van der Waals surface area contributed by atoms with Gasteiger partial charge >= 0.3 is 5.97 Å². The molecule has 0 aliphatic heterocycles. The van der Waals surface area contributed by atoms with Crippen LogP contribution in [-0.2, 0) is 4.79 Å². The number of aryl methyl sites for hydroxylation is 1. The third-order valence-electron chi connectivity index (χ3n) is 3.57. The van der Waals surface area contributed by atoms with Crippen LogP contribution in [0, 0.1) is 6.92 Å². The van der Waals surface area contributed by atoms with Crippen molar-refractivity contribution >= 4 is 67.6 Å². The van der Waals surface area contributed by atoms with Gasteiger partial charge in [0.25, 0.3) is 0 Å². The molecule has 3 rings (SSSR count). The van der Waals surface area contributed by atoms with Crippen LogP contribution >= 0.6 is 50.9 Å². The zero-order chi connectivity index (χ0) is 18.0. The minimum absolute atomic E-state index is 0.163. The molecule has 0 spiro atoms. The second-order valence-corrected chi connectivity index (χ2v) is 8.14. The number of fused-ring (bicyclic) bond motifs is 1. The van der Waals surface area contributed by atoms with Gasteiger partial charge in [0.1, 0.15) is 0 Å². The second-order valence-electron chi connectivity index (χ2n) is 5.39. The number of benzene rings is 3. The van der Waals surface area contributed by atoms with Crippen molar-refractivity contribution in [3.63, 3.8) is 0 Å². The van der Waals surface area contributed by atoms with E-state index in [1.807, 2.05) is 49.4 Å². The molecule has 2 nitrogen and oxygen atoms in total. The van der Waals surface area contributed by atoms with Crippen molar-refractivity contribution in [1.29, 1.82) is 0 Å². The molecular weight excluding hydrogens is 443 g/mol. The molecule has 0 aliphatic carbocycles. The molecule has 0 unspecified atom stereocenters. The maximum absolute atomic E-state index is 12.2. The molecule has 0 saturated heterocycles. The summed E-state index contributed by atoms with van der Waals surface area (Å²) in [5.41, 5.74) is 0.797. The van der Waals surface area contributed by atoms with Gasteiger partial charge < -0.3 is 4.74 Å². The van der Waals surface area contributed by atoms with Crippen LogP contribution in [0.4, 0.5) is 0 Å². The van der Waals surface area contributed by atoms with E-state index in [1.165, 1.54) is 11.8 Å². The smallest absolute Gasteiger partial charge is 0.321 e. The predicted molar refractivity (Wildman–Crippen MR) is 109 cm³/mol. The Hall–Kier alpha value is -1.20. The molecule has 25 heavy (non-hydrogen) atoms. The molecule has 6 heteroatoms. The first-order valence-electron chi connectivity index (χ1n) is 7.42. The number of esters is 1. The number of thioether (sulfide) groups is 1. The average molecular weight is 456 g/mol. The van der Waals surface area contributed by atoms with E-state index >= 15 is 0 Å². The molecule has 0 saturated carbocycles.